The average molecular weight is 559 g/mol. The lowest BCUT2D eigenvalue weighted by Crippen LogP contribution is -2.42. The van der Waals surface area contributed by atoms with Gasteiger partial charge in [0.2, 0.25) is 11.9 Å². The molecule has 8 nitrogen and oxygen atoms in total. The third kappa shape index (κ3) is 6.52. The van der Waals surface area contributed by atoms with Gasteiger partial charge in [0.1, 0.15) is 12.3 Å². The van der Waals surface area contributed by atoms with Gasteiger partial charge in [-0.25, -0.2) is 4.98 Å². The first kappa shape index (κ1) is 27.4. The Kier molecular flexibility index (Phi) is 8.78. The number of anilines is 1. The van der Waals surface area contributed by atoms with Crippen LogP contribution in [0.2, 0.25) is 5.02 Å². The molecular formula is C31H31ClN4O4. The van der Waals surface area contributed by atoms with Crippen molar-refractivity contribution in [1.82, 2.24) is 14.5 Å². The zero-order valence-corrected chi connectivity index (χ0v) is 23.0. The Bertz CT molecular complexity index is 1470. The van der Waals surface area contributed by atoms with Gasteiger partial charge in [0.25, 0.3) is 5.91 Å². The third-order valence-corrected chi connectivity index (χ3v) is 6.94. The summed E-state index contributed by atoms with van der Waals surface area (Å²) >= 11 is 6.33. The summed E-state index contributed by atoms with van der Waals surface area (Å²) in [6.45, 7) is 3.21. The van der Waals surface area contributed by atoms with Crippen LogP contribution in [0.15, 0.2) is 85.1 Å². The number of halogens is 1. The Labute approximate surface area is 238 Å². The van der Waals surface area contributed by atoms with Gasteiger partial charge in [-0.3, -0.25) is 19.5 Å². The second-order valence-electron chi connectivity index (χ2n) is 9.46. The van der Waals surface area contributed by atoms with E-state index in [0.717, 1.165) is 24.1 Å². The fourth-order valence-electron chi connectivity index (χ4n) is 4.70. The number of rotatable bonds is 10. The van der Waals surface area contributed by atoms with Crippen molar-refractivity contribution in [1.29, 1.82) is 0 Å². The average Bonchev–Trinajstić information content (AvgIpc) is 3.64. The quantitative estimate of drug-likeness (QED) is 0.264. The minimum atomic E-state index is -0.383. The van der Waals surface area contributed by atoms with E-state index in [1.165, 1.54) is 4.90 Å². The lowest BCUT2D eigenvalue weighted by molar-refractivity contribution is -0.117. The summed E-state index contributed by atoms with van der Waals surface area (Å²) in [5.74, 6) is 0.333. The van der Waals surface area contributed by atoms with E-state index in [4.69, 9.17) is 26.1 Å². The van der Waals surface area contributed by atoms with Crippen LogP contribution in [0.25, 0.3) is 16.9 Å². The van der Waals surface area contributed by atoms with Crippen LogP contribution in [0.1, 0.15) is 30.1 Å². The van der Waals surface area contributed by atoms with Crippen molar-refractivity contribution in [2.45, 2.75) is 25.9 Å². The van der Waals surface area contributed by atoms with Gasteiger partial charge in [-0.15, -0.1) is 0 Å². The number of hydrogen-bond donors (Lipinski definition) is 1. The summed E-state index contributed by atoms with van der Waals surface area (Å²) in [5, 5.41) is 3.27. The standard InChI is InChI=1S/C31H31ClN4O4/c1-2-39-24-13-8-12-23(18-24)36-20-28(22-10-4-3-5-11-22)33-31(36)34-29(37)21-35(19-25-14-9-17-40-25)30(38)26-15-6-7-16-27(26)32/h3-8,10-13,15-16,18,20,25H,2,9,14,17,19,21H2,1H3,(H,33,34,37)/t25-/m0/s1. The molecule has 5 rings (SSSR count). The second kappa shape index (κ2) is 12.8. The number of carbonyl (C=O) groups excluding carboxylic acids is 2. The maximum Gasteiger partial charge on any atom is 0.255 e. The van der Waals surface area contributed by atoms with Crippen molar-refractivity contribution < 1.29 is 19.1 Å². The maximum atomic E-state index is 13.5. The lowest BCUT2D eigenvalue weighted by Gasteiger charge is -2.25. The lowest BCUT2D eigenvalue weighted by atomic mass is 10.1. The van der Waals surface area contributed by atoms with E-state index < -0.39 is 0 Å². The summed E-state index contributed by atoms with van der Waals surface area (Å²) in [5.41, 5.74) is 2.72. The van der Waals surface area contributed by atoms with Crippen LogP contribution in [-0.2, 0) is 9.53 Å². The van der Waals surface area contributed by atoms with Gasteiger partial charge in [0.05, 0.1) is 34.7 Å². The van der Waals surface area contributed by atoms with E-state index in [1.807, 2.05) is 72.3 Å². The highest BCUT2D eigenvalue weighted by Gasteiger charge is 2.27. The molecule has 4 aromatic rings. The summed E-state index contributed by atoms with van der Waals surface area (Å²) < 4.78 is 13.3. The van der Waals surface area contributed by atoms with Gasteiger partial charge in [-0.2, -0.15) is 0 Å². The molecule has 1 fully saturated rings. The minimum Gasteiger partial charge on any atom is -0.494 e. The first-order chi connectivity index (χ1) is 19.5. The minimum absolute atomic E-state index is 0.132. The van der Waals surface area contributed by atoms with E-state index in [-0.39, 0.29) is 31.0 Å². The highest BCUT2D eigenvalue weighted by Crippen LogP contribution is 2.26. The van der Waals surface area contributed by atoms with Crippen molar-refractivity contribution in [3.63, 3.8) is 0 Å². The number of carbonyl (C=O) groups is 2. The van der Waals surface area contributed by atoms with E-state index in [1.54, 1.807) is 24.3 Å². The molecule has 1 N–H and O–H groups in total. The SMILES string of the molecule is CCOc1cccc(-n2cc(-c3ccccc3)nc2NC(=O)CN(C[C@@H]2CCCO2)C(=O)c2ccccc2Cl)c1. The van der Waals surface area contributed by atoms with Crippen molar-refractivity contribution in [2.24, 2.45) is 0 Å². The highest BCUT2D eigenvalue weighted by molar-refractivity contribution is 6.33. The summed E-state index contributed by atoms with van der Waals surface area (Å²) in [7, 11) is 0. The number of imidazole rings is 1. The second-order valence-corrected chi connectivity index (χ2v) is 9.87. The Morgan fingerprint density at radius 1 is 1.10 bits per heavy atom. The Morgan fingerprint density at radius 3 is 2.65 bits per heavy atom. The number of ether oxygens (including phenoxy) is 2. The third-order valence-electron chi connectivity index (χ3n) is 6.61. The molecule has 0 bridgehead atoms. The van der Waals surface area contributed by atoms with Crippen LogP contribution in [-0.4, -0.2) is 58.7 Å². The summed E-state index contributed by atoms with van der Waals surface area (Å²) in [6, 6.07) is 24.1. The molecule has 0 spiro atoms. The number of benzene rings is 3. The van der Waals surface area contributed by atoms with Gasteiger partial charge in [-0.05, 0) is 44.0 Å². The first-order valence-electron chi connectivity index (χ1n) is 13.3. The van der Waals surface area contributed by atoms with Crippen molar-refractivity contribution in [3.8, 4) is 22.7 Å². The molecule has 9 heteroatoms. The number of amides is 2. The Balaban J connectivity index is 1.43. The van der Waals surface area contributed by atoms with E-state index in [2.05, 4.69) is 5.32 Å². The van der Waals surface area contributed by atoms with Gasteiger partial charge in [0.15, 0.2) is 0 Å². The topological polar surface area (TPSA) is 85.7 Å². The van der Waals surface area contributed by atoms with Gasteiger partial charge in [-0.1, -0.05) is 60.1 Å². The van der Waals surface area contributed by atoms with E-state index in [9.17, 15) is 9.59 Å². The fourth-order valence-corrected chi connectivity index (χ4v) is 4.92. The van der Waals surface area contributed by atoms with E-state index in [0.29, 0.717) is 41.2 Å². The molecule has 0 radical (unpaired) electrons. The molecule has 2 heterocycles. The normalized spacial score (nSPS) is 14.6. The molecule has 2 amide bonds. The zero-order chi connectivity index (χ0) is 27.9. The molecule has 1 aromatic heterocycles. The smallest absolute Gasteiger partial charge is 0.255 e. The first-order valence-corrected chi connectivity index (χ1v) is 13.7. The number of nitrogens with one attached hydrogen (secondary N) is 1. The van der Waals surface area contributed by atoms with Crippen molar-refractivity contribution in [3.05, 3.63) is 95.6 Å². The predicted molar refractivity (Wildman–Crippen MR) is 155 cm³/mol. The number of hydrogen-bond acceptors (Lipinski definition) is 5. The molecule has 0 unspecified atom stereocenters. The Hall–Kier alpha value is -4.14. The summed E-state index contributed by atoms with van der Waals surface area (Å²) in [4.78, 5) is 33.2. The molecule has 3 aromatic carbocycles. The van der Waals surface area contributed by atoms with Gasteiger partial charge < -0.3 is 14.4 Å². The molecule has 1 atom stereocenters. The Morgan fingerprint density at radius 2 is 1.90 bits per heavy atom. The van der Waals surface area contributed by atoms with Crippen molar-refractivity contribution in [2.75, 3.05) is 31.6 Å². The zero-order valence-electron chi connectivity index (χ0n) is 22.3. The predicted octanol–water partition coefficient (Wildman–Crippen LogP) is 5.85. The number of aromatic nitrogens is 2. The van der Waals surface area contributed by atoms with E-state index >= 15 is 0 Å². The monoisotopic (exact) mass is 558 g/mol. The van der Waals surface area contributed by atoms with Crippen LogP contribution < -0.4 is 10.1 Å². The van der Waals surface area contributed by atoms with Crippen LogP contribution >= 0.6 is 11.6 Å². The van der Waals surface area contributed by atoms with Crippen LogP contribution in [0.3, 0.4) is 0 Å². The van der Waals surface area contributed by atoms with Crippen LogP contribution in [0.4, 0.5) is 5.95 Å². The molecule has 1 aliphatic rings. The largest absolute Gasteiger partial charge is 0.494 e. The summed E-state index contributed by atoms with van der Waals surface area (Å²) in [6.07, 6.45) is 3.49. The molecular weight excluding hydrogens is 528 g/mol. The molecule has 206 valence electrons. The maximum absolute atomic E-state index is 13.5. The van der Waals surface area contributed by atoms with Crippen LogP contribution in [0, 0.1) is 0 Å². The van der Waals surface area contributed by atoms with Crippen molar-refractivity contribution >= 4 is 29.4 Å². The molecule has 40 heavy (non-hydrogen) atoms. The van der Waals surface area contributed by atoms with Crippen LogP contribution in [0.5, 0.6) is 5.75 Å². The van der Waals surface area contributed by atoms with Gasteiger partial charge in [0, 0.05) is 31.0 Å². The van der Waals surface area contributed by atoms with Gasteiger partial charge >= 0.3 is 0 Å². The molecule has 1 saturated heterocycles. The molecule has 1 aliphatic heterocycles. The molecule has 0 aliphatic carbocycles. The highest BCUT2D eigenvalue weighted by atomic mass is 35.5. The number of nitrogens with zero attached hydrogens (tertiary/aromatic N) is 3. The molecule has 0 saturated carbocycles. The fraction of sp³-hybridized carbons (Fsp3) is 0.258.